The van der Waals surface area contributed by atoms with Gasteiger partial charge in [0.05, 0.1) is 6.10 Å². The van der Waals surface area contributed by atoms with Crippen molar-refractivity contribution in [2.24, 2.45) is 0 Å². The van der Waals surface area contributed by atoms with Crippen molar-refractivity contribution in [2.75, 3.05) is 0 Å². The highest BCUT2D eigenvalue weighted by atomic mass is 16.5. The number of rotatable bonds is 36. The minimum absolute atomic E-state index is 0.00578. The molecule has 260 valence electrons. The second-order valence-corrected chi connectivity index (χ2v) is 13.6. The number of hydrogen-bond acceptors (Lipinski definition) is 3. The van der Waals surface area contributed by atoms with Gasteiger partial charge in [0.25, 0.3) is 0 Å². The lowest BCUT2D eigenvalue weighted by atomic mass is 10.0. The predicted molar refractivity (Wildman–Crippen MR) is 190 cm³/mol. The number of unbranched alkanes of at least 4 members (excludes halogenated alkanes) is 27. The average Bonchev–Trinajstić information content (AvgIpc) is 3.00. The highest BCUT2D eigenvalue weighted by molar-refractivity contribution is 5.69. The van der Waals surface area contributed by atoms with Crippen molar-refractivity contribution in [3.8, 4) is 0 Å². The number of carbonyl (C=O) groups excluding carboxylic acids is 1. The lowest BCUT2D eigenvalue weighted by Gasteiger charge is -2.13. The lowest BCUT2D eigenvalue weighted by Crippen LogP contribution is -2.14. The van der Waals surface area contributed by atoms with E-state index in [0.29, 0.717) is 12.8 Å². The molecule has 0 aromatic rings. The van der Waals surface area contributed by atoms with Crippen molar-refractivity contribution in [2.45, 2.75) is 232 Å². The average molecular weight is 621 g/mol. The third-order valence-electron chi connectivity index (χ3n) is 8.98. The third kappa shape index (κ3) is 36.9. The van der Waals surface area contributed by atoms with Gasteiger partial charge in [-0.05, 0) is 58.3 Å². The summed E-state index contributed by atoms with van der Waals surface area (Å²) in [5.41, 5.74) is 0. The van der Waals surface area contributed by atoms with Gasteiger partial charge in [-0.2, -0.15) is 0 Å². The van der Waals surface area contributed by atoms with Gasteiger partial charge in [-0.25, -0.2) is 0 Å². The van der Waals surface area contributed by atoms with E-state index in [1.165, 1.54) is 161 Å². The van der Waals surface area contributed by atoms with Gasteiger partial charge in [0.15, 0.2) is 0 Å². The molecule has 0 saturated heterocycles. The molecule has 0 aliphatic rings. The summed E-state index contributed by atoms with van der Waals surface area (Å²) in [6.07, 6.45) is 45.1. The van der Waals surface area contributed by atoms with E-state index in [1.54, 1.807) is 0 Å². The lowest BCUT2D eigenvalue weighted by molar-refractivity contribution is -0.148. The van der Waals surface area contributed by atoms with Gasteiger partial charge < -0.3 is 9.84 Å². The number of aliphatic carboxylic acids is 1. The Morgan fingerprint density at radius 2 is 0.841 bits per heavy atom. The Labute approximate surface area is 275 Å². The molecule has 4 heteroatoms. The van der Waals surface area contributed by atoms with E-state index in [0.717, 1.165) is 38.5 Å². The largest absolute Gasteiger partial charge is 0.481 e. The molecular formula is C40H76O4. The Morgan fingerprint density at radius 1 is 0.500 bits per heavy atom. The molecule has 1 N–H and O–H groups in total. The highest BCUT2D eigenvalue weighted by Gasteiger charge is 2.09. The van der Waals surface area contributed by atoms with Crippen LogP contribution in [0.5, 0.6) is 0 Å². The first-order valence-corrected chi connectivity index (χ1v) is 19.6. The molecule has 0 rings (SSSR count). The molecule has 0 bridgehead atoms. The van der Waals surface area contributed by atoms with Crippen LogP contribution in [0.4, 0.5) is 0 Å². The molecule has 1 atom stereocenters. The number of hydrogen-bond donors (Lipinski definition) is 1. The molecule has 44 heavy (non-hydrogen) atoms. The summed E-state index contributed by atoms with van der Waals surface area (Å²) < 4.78 is 5.63. The van der Waals surface area contributed by atoms with Gasteiger partial charge in [-0.15, -0.1) is 0 Å². The van der Waals surface area contributed by atoms with E-state index in [9.17, 15) is 9.59 Å². The zero-order valence-corrected chi connectivity index (χ0v) is 29.7. The molecule has 1 unspecified atom stereocenters. The molecule has 4 nitrogen and oxygen atoms in total. The summed E-state index contributed by atoms with van der Waals surface area (Å²) in [5, 5.41) is 8.64. The number of esters is 1. The minimum Gasteiger partial charge on any atom is -0.481 e. The zero-order valence-electron chi connectivity index (χ0n) is 29.7. The van der Waals surface area contributed by atoms with E-state index in [1.807, 2.05) is 6.92 Å². The van der Waals surface area contributed by atoms with Gasteiger partial charge in [0.2, 0.25) is 0 Å². The van der Waals surface area contributed by atoms with E-state index >= 15 is 0 Å². The van der Waals surface area contributed by atoms with Gasteiger partial charge in [0.1, 0.15) is 0 Å². The van der Waals surface area contributed by atoms with Crippen LogP contribution in [0.1, 0.15) is 226 Å². The van der Waals surface area contributed by atoms with Crippen molar-refractivity contribution in [3.05, 3.63) is 12.2 Å². The number of carboxylic acids is 1. The fourth-order valence-corrected chi connectivity index (χ4v) is 6.04. The van der Waals surface area contributed by atoms with E-state index in [4.69, 9.17) is 9.84 Å². The number of carbonyl (C=O) groups is 2. The fourth-order valence-electron chi connectivity index (χ4n) is 6.04. The highest BCUT2D eigenvalue weighted by Crippen LogP contribution is 2.16. The molecule has 0 heterocycles. The van der Waals surface area contributed by atoms with Crippen LogP contribution in [0.25, 0.3) is 0 Å². The zero-order chi connectivity index (χ0) is 32.2. The number of allylic oxidation sites excluding steroid dienone is 2. The SMILES string of the molecule is CCCCCCCC/C=C\CCCCCCCCCCCCCC(=O)OC(C)CCCCCCCCCCCCCC(=O)O. The first-order chi connectivity index (χ1) is 21.6. The van der Waals surface area contributed by atoms with Crippen LogP contribution < -0.4 is 0 Å². The van der Waals surface area contributed by atoms with Crippen molar-refractivity contribution >= 4 is 11.9 Å². The topological polar surface area (TPSA) is 63.6 Å². The molecule has 0 fully saturated rings. The number of carboxylic acid groups (broad SMARTS) is 1. The quantitative estimate of drug-likeness (QED) is 0.0430. The Balaban J connectivity index is 3.29. The van der Waals surface area contributed by atoms with Gasteiger partial charge in [-0.3, -0.25) is 9.59 Å². The summed E-state index contributed by atoms with van der Waals surface area (Å²) in [4.78, 5) is 22.6. The first kappa shape index (κ1) is 42.7. The smallest absolute Gasteiger partial charge is 0.306 e. The summed E-state index contributed by atoms with van der Waals surface area (Å²) in [7, 11) is 0. The maximum Gasteiger partial charge on any atom is 0.306 e. The van der Waals surface area contributed by atoms with Gasteiger partial charge in [-0.1, -0.05) is 167 Å². The second-order valence-electron chi connectivity index (χ2n) is 13.6. The fraction of sp³-hybridized carbons (Fsp3) is 0.900. The normalized spacial score (nSPS) is 12.2. The standard InChI is InChI=1S/C40H76O4/c1-3-4-5-6-7-8-9-10-11-12-13-14-15-16-17-18-22-25-28-31-34-37-40(43)44-38(2)35-32-29-26-23-20-19-21-24-27-30-33-36-39(41)42/h10-11,38H,3-9,12-37H2,1-2H3,(H,41,42)/b11-10-. The summed E-state index contributed by atoms with van der Waals surface area (Å²) in [5.74, 6) is -0.679. The van der Waals surface area contributed by atoms with Crippen LogP contribution >= 0.6 is 0 Å². The molecule has 0 aromatic heterocycles. The molecule has 0 amide bonds. The van der Waals surface area contributed by atoms with Crippen LogP contribution in [-0.2, 0) is 14.3 Å². The van der Waals surface area contributed by atoms with E-state index < -0.39 is 5.97 Å². The van der Waals surface area contributed by atoms with Crippen molar-refractivity contribution in [1.29, 1.82) is 0 Å². The maximum absolute atomic E-state index is 12.2. The summed E-state index contributed by atoms with van der Waals surface area (Å²) in [6, 6.07) is 0. The molecular weight excluding hydrogens is 544 g/mol. The molecule has 0 aliphatic heterocycles. The Bertz CT molecular complexity index is 629. The van der Waals surface area contributed by atoms with Gasteiger partial charge >= 0.3 is 11.9 Å². The third-order valence-corrected chi connectivity index (χ3v) is 8.98. The van der Waals surface area contributed by atoms with E-state index in [2.05, 4.69) is 19.1 Å². The van der Waals surface area contributed by atoms with Gasteiger partial charge in [0, 0.05) is 12.8 Å². The Kier molecular flexibility index (Phi) is 35.1. The van der Waals surface area contributed by atoms with Crippen LogP contribution in [0, 0.1) is 0 Å². The van der Waals surface area contributed by atoms with Crippen LogP contribution in [-0.4, -0.2) is 23.1 Å². The maximum atomic E-state index is 12.2. The number of ether oxygens (including phenoxy) is 1. The predicted octanol–water partition coefficient (Wildman–Crippen LogP) is 13.5. The second kappa shape index (κ2) is 36.2. The molecule has 0 radical (unpaired) electrons. The van der Waals surface area contributed by atoms with Crippen LogP contribution in [0.2, 0.25) is 0 Å². The summed E-state index contributed by atoms with van der Waals surface area (Å²) >= 11 is 0. The van der Waals surface area contributed by atoms with E-state index in [-0.39, 0.29) is 12.1 Å². The van der Waals surface area contributed by atoms with Crippen LogP contribution in [0.15, 0.2) is 12.2 Å². The van der Waals surface area contributed by atoms with Crippen molar-refractivity contribution in [3.63, 3.8) is 0 Å². The first-order valence-electron chi connectivity index (χ1n) is 19.6. The van der Waals surface area contributed by atoms with Crippen LogP contribution in [0.3, 0.4) is 0 Å². The molecule has 0 aliphatic carbocycles. The Hall–Kier alpha value is -1.32. The monoisotopic (exact) mass is 621 g/mol. The summed E-state index contributed by atoms with van der Waals surface area (Å²) in [6.45, 7) is 4.33. The minimum atomic E-state index is -0.673. The van der Waals surface area contributed by atoms with Crippen molar-refractivity contribution in [1.82, 2.24) is 0 Å². The molecule has 0 saturated carbocycles. The Morgan fingerprint density at radius 3 is 1.25 bits per heavy atom. The molecule has 0 spiro atoms. The molecule has 0 aromatic carbocycles. The van der Waals surface area contributed by atoms with Crippen molar-refractivity contribution < 1.29 is 19.4 Å².